The zero-order chi connectivity index (χ0) is 13.6. The van der Waals surface area contributed by atoms with E-state index >= 15 is 0 Å². The van der Waals surface area contributed by atoms with E-state index in [1.807, 2.05) is 20.8 Å². The molecule has 1 N–H and O–H groups in total. The highest BCUT2D eigenvalue weighted by atomic mass is 16.5. The molecular formula is C12H19N3O3. The Morgan fingerprint density at radius 1 is 1.39 bits per heavy atom. The molecule has 1 aromatic rings. The lowest BCUT2D eigenvalue weighted by atomic mass is 10.1. The minimum atomic E-state index is -0.497. The molecule has 0 spiro atoms. The summed E-state index contributed by atoms with van der Waals surface area (Å²) in [5, 5.41) is 10.8. The van der Waals surface area contributed by atoms with Crippen LogP contribution >= 0.6 is 0 Å². The number of nitrogens with one attached hydrogen (secondary N) is 1. The van der Waals surface area contributed by atoms with Crippen molar-refractivity contribution in [2.45, 2.75) is 26.4 Å². The van der Waals surface area contributed by atoms with Crippen LogP contribution in [0.3, 0.4) is 0 Å². The van der Waals surface area contributed by atoms with Crippen molar-refractivity contribution in [1.29, 1.82) is 0 Å². The molecular weight excluding hydrogens is 234 g/mol. The first-order chi connectivity index (χ1) is 8.48. The quantitative estimate of drug-likeness (QED) is 0.774. The summed E-state index contributed by atoms with van der Waals surface area (Å²) < 4.78 is 10.1. The summed E-state index contributed by atoms with van der Waals surface area (Å²) in [5.74, 6) is 0.0964. The molecule has 0 fully saturated rings. The van der Waals surface area contributed by atoms with Crippen LogP contribution in [0.25, 0.3) is 0 Å². The smallest absolute Gasteiger partial charge is 0.358 e. The highest BCUT2D eigenvalue weighted by Gasteiger charge is 2.17. The lowest BCUT2D eigenvalue weighted by Crippen LogP contribution is -2.33. The summed E-state index contributed by atoms with van der Waals surface area (Å²) in [7, 11) is 1.31. The first kappa shape index (κ1) is 14.4. The van der Waals surface area contributed by atoms with Crippen molar-refractivity contribution in [3.8, 4) is 0 Å². The van der Waals surface area contributed by atoms with Gasteiger partial charge in [-0.1, -0.05) is 0 Å². The van der Waals surface area contributed by atoms with Crippen LogP contribution in [0.4, 0.5) is 5.82 Å². The Balaban J connectivity index is 2.56. The van der Waals surface area contributed by atoms with E-state index in [0.29, 0.717) is 19.0 Å². The van der Waals surface area contributed by atoms with Gasteiger partial charge in [0.1, 0.15) is 5.82 Å². The van der Waals surface area contributed by atoms with Crippen LogP contribution in [-0.4, -0.2) is 42.0 Å². The predicted molar refractivity (Wildman–Crippen MR) is 67.6 cm³/mol. The highest BCUT2D eigenvalue weighted by Crippen LogP contribution is 2.10. The number of hydrogen-bond acceptors (Lipinski definition) is 6. The number of ether oxygens (including phenoxy) is 2. The van der Waals surface area contributed by atoms with Gasteiger partial charge in [-0.05, 0) is 32.9 Å². The molecule has 0 aliphatic rings. The zero-order valence-corrected chi connectivity index (χ0v) is 11.2. The number of carbonyl (C=O) groups excluding carboxylic acids is 1. The SMILES string of the molecule is CCOC(C)(C)CNc1ccc(C(=O)OC)nn1. The molecule has 0 saturated heterocycles. The molecule has 0 aliphatic heterocycles. The maximum Gasteiger partial charge on any atom is 0.358 e. The van der Waals surface area contributed by atoms with Gasteiger partial charge in [-0.2, -0.15) is 0 Å². The van der Waals surface area contributed by atoms with E-state index in [1.165, 1.54) is 7.11 Å². The molecule has 0 aromatic carbocycles. The molecule has 0 aliphatic carbocycles. The van der Waals surface area contributed by atoms with Gasteiger partial charge >= 0.3 is 5.97 Å². The first-order valence-electron chi connectivity index (χ1n) is 5.78. The number of rotatable bonds is 6. The molecule has 18 heavy (non-hydrogen) atoms. The third-order valence-electron chi connectivity index (χ3n) is 2.29. The predicted octanol–water partition coefficient (Wildman–Crippen LogP) is 1.49. The van der Waals surface area contributed by atoms with Gasteiger partial charge in [-0.25, -0.2) is 4.79 Å². The summed E-state index contributed by atoms with van der Waals surface area (Å²) in [4.78, 5) is 11.2. The van der Waals surface area contributed by atoms with Crippen molar-refractivity contribution in [3.63, 3.8) is 0 Å². The summed E-state index contributed by atoms with van der Waals surface area (Å²) in [5.41, 5.74) is -0.0932. The number of hydrogen-bond donors (Lipinski definition) is 1. The Labute approximate surface area is 107 Å². The van der Waals surface area contributed by atoms with E-state index in [4.69, 9.17) is 4.74 Å². The van der Waals surface area contributed by atoms with Crippen molar-refractivity contribution < 1.29 is 14.3 Å². The van der Waals surface area contributed by atoms with E-state index in [-0.39, 0.29) is 11.3 Å². The van der Waals surface area contributed by atoms with Crippen molar-refractivity contribution in [2.24, 2.45) is 0 Å². The minimum absolute atomic E-state index is 0.187. The molecule has 0 saturated carbocycles. The van der Waals surface area contributed by atoms with Crippen LogP contribution in [0.1, 0.15) is 31.3 Å². The second-order valence-corrected chi connectivity index (χ2v) is 4.34. The fourth-order valence-corrected chi connectivity index (χ4v) is 1.39. The fourth-order valence-electron chi connectivity index (χ4n) is 1.39. The maximum absolute atomic E-state index is 11.2. The van der Waals surface area contributed by atoms with Crippen LogP contribution in [0.5, 0.6) is 0 Å². The third-order valence-corrected chi connectivity index (χ3v) is 2.29. The number of esters is 1. The number of nitrogens with zero attached hydrogens (tertiary/aromatic N) is 2. The molecule has 100 valence electrons. The van der Waals surface area contributed by atoms with Crippen molar-refractivity contribution in [2.75, 3.05) is 25.6 Å². The van der Waals surface area contributed by atoms with Gasteiger partial charge in [0.2, 0.25) is 0 Å². The molecule has 1 rings (SSSR count). The third kappa shape index (κ3) is 4.29. The first-order valence-corrected chi connectivity index (χ1v) is 5.78. The summed E-state index contributed by atoms with van der Waals surface area (Å²) >= 11 is 0. The van der Waals surface area contributed by atoms with Crippen LogP contribution in [-0.2, 0) is 9.47 Å². The average Bonchev–Trinajstić information content (AvgIpc) is 2.36. The van der Waals surface area contributed by atoms with E-state index < -0.39 is 5.97 Å². The van der Waals surface area contributed by atoms with Gasteiger partial charge in [0.25, 0.3) is 0 Å². The molecule has 0 amide bonds. The van der Waals surface area contributed by atoms with Crippen molar-refractivity contribution in [3.05, 3.63) is 17.8 Å². The number of anilines is 1. The molecule has 6 heteroatoms. The Morgan fingerprint density at radius 3 is 2.61 bits per heavy atom. The van der Waals surface area contributed by atoms with E-state index in [9.17, 15) is 4.79 Å². The largest absolute Gasteiger partial charge is 0.464 e. The monoisotopic (exact) mass is 253 g/mol. The van der Waals surface area contributed by atoms with E-state index in [0.717, 1.165) is 0 Å². The normalized spacial score (nSPS) is 11.1. The number of methoxy groups -OCH3 is 1. The summed E-state index contributed by atoms with van der Waals surface area (Å²) in [6.07, 6.45) is 0. The van der Waals surface area contributed by atoms with Crippen LogP contribution in [0.2, 0.25) is 0 Å². The second kappa shape index (κ2) is 6.30. The second-order valence-electron chi connectivity index (χ2n) is 4.34. The van der Waals surface area contributed by atoms with Gasteiger partial charge in [0.15, 0.2) is 5.69 Å². The van der Waals surface area contributed by atoms with Gasteiger partial charge in [0, 0.05) is 13.2 Å². The molecule has 0 radical (unpaired) electrons. The van der Waals surface area contributed by atoms with Crippen LogP contribution in [0, 0.1) is 0 Å². The fraction of sp³-hybridized carbons (Fsp3) is 0.583. The standard InChI is InChI=1S/C12H19N3O3/c1-5-18-12(2,3)8-13-10-7-6-9(14-15-10)11(16)17-4/h6-7H,5,8H2,1-4H3,(H,13,15). The van der Waals surface area contributed by atoms with Crippen LogP contribution in [0.15, 0.2) is 12.1 Å². The van der Waals surface area contributed by atoms with E-state index in [1.54, 1.807) is 12.1 Å². The Morgan fingerprint density at radius 2 is 2.11 bits per heavy atom. The molecule has 6 nitrogen and oxygen atoms in total. The highest BCUT2D eigenvalue weighted by molar-refractivity contribution is 5.86. The number of aromatic nitrogens is 2. The minimum Gasteiger partial charge on any atom is -0.464 e. The van der Waals surface area contributed by atoms with Gasteiger partial charge in [0.05, 0.1) is 12.7 Å². The van der Waals surface area contributed by atoms with Gasteiger partial charge in [-0.15, -0.1) is 10.2 Å². The number of carbonyl (C=O) groups is 1. The lowest BCUT2D eigenvalue weighted by Gasteiger charge is -2.24. The summed E-state index contributed by atoms with van der Waals surface area (Å²) in [6.45, 7) is 7.18. The van der Waals surface area contributed by atoms with Gasteiger partial charge < -0.3 is 14.8 Å². The molecule has 1 heterocycles. The van der Waals surface area contributed by atoms with Crippen molar-refractivity contribution >= 4 is 11.8 Å². The van der Waals surface area contributed by atoms with Crippen molar-refractivity contribution in [1.82, 2.24) is 10.2 Å². The Bertz CT molecular complexity index is 390. The molecule has 1 aromatic heterocycles. The Kier molecular flexibility index (Phi) is 5.03. The maximum atomic E-state index is 11.2. The molecule has 0 unspecified atom stereocenters. The molecule has 0 atom stereocenters. The zero-order valence-electron chi connectivity index (χ0n) is 11.2. The van der Waals surface area contributed by atoms with Crippen LogP contribution < -0.4 is 5.32 Å². The van der Waals surface area contributed by atoms with E-state index in [2.05, 4.69) is 20.3 Å². The van der Waals surface area contributed by atoms with Gasteiger partial charge in [-0.3, -0.25) is 0 Å². The molecule has 0 bridgehead atoms. The topological polar surface area (TPSA) is 73.3 Å². The summed E-state index contributed by atoms with van der Waals surface area (Å²) in [6, 6.07) is 3.25. The Hall–Kier alpha value is -1.69. The average molecular weight is 253 g/mol. The lowest BCUT2D eigenvalue weighted by molar-refractivity contribution is 0.000622.